The van der Waals surface area contributed by atoms with Crippen molar-refractivity contribution in [3.8, 4) is 17.6 Å². The van der Waals surface area contributed by atoms with Gasteiger partial charge in [0.1, 0.15) is 11.6 Å². The highest BCUT2D eigenvalue weighted by Gasteiger charge is 2.24. The molecule has 0 atom stereocenters. The van der Waals surface area contributed by atoms with Gasteiger partial charge in [0.25, 0.3) is 5.91 Å². The molecule has 1 amide bonds. The molecule has 0 bridgehead atoms. The Morgan fingerprint density at radius 3 is 2.55 bits per heavy atom. The van der Waals surface area contributed by atoms with Gasteiger partial charge in [0.2, 0.25) is 0 Å². The zero-order valence-electron chi connectivity index (χ0n) is 17.9. The maximum atomic E-state index is 12.6. The van der Waals surface area contributed by atoms with Crippen LogP contribution in [0.15, 0.2) is 30.0 Å². The van der Waals surface area contributed by atoms with Crippen LogP contribution in [0, 0.1) is 11.3 Å². The van der Waals surface area contributed by atoms with Gasteiger partial charge in [0, 0.05) is 25.8 Å². The number of ether oxygens (including phenoxy) is 2. The summed E-state index contributed by atoms with van der Waals surface area (Å²) in [6.07, 6.45) is 7.87. The van der Waals surface area contributed by atoms with E-state index >= 15 is 0 Å². The molecule has 1 aliphatic rings. The minimum Gasteiger partial charge on any atom is -0.490 e. The van der Waals surface area contributed by atoms with Gasteiger partial charge in [-0.2, -0.15) is 5.26 Å². The van der Waals surface area contributed by atoms with Crippen LogP contribution in [0.25, 0.3) is 0 Å². The standard InChI is InChI=1S/C23H33N3O3/c1-4-28-21-12-11-18(15-22(21)29-5-2)13-14-25-17-19(16-24)23(27)26(3)20-9-7-6-8-10-20/h11-12,15,17,20,25H,4-10,13-14H2,1-3H3/b19-17-. The zero-order chi connectivity index (χ0) is 21.1. The van der Waals surface area contributed by atoms with E-state index in [1.54, 1.807) is 18.1 Å². The summed E-state index contributed by atoms with van der Waals surface area (Å²) in [6, 6.07) is 8.19. The summed E-state index contributed by atoms with van der Waals surface area (Å²) < 4.78 is 11.2. The second-order valence-corrected chi connectivity index (χ2v) is 7.23. The number of nitrogens with one attached hydrogen (secondary N) is 1. The van der Waals surface area contributed by atoms with E-state index in [-0.39, 0.29) is 17.5 Å². The molecule has 1 N–H and O–H groups in total. The van der Waals surface area contributed by atoms with Gasteiger partial charge < -0.3 is 19.7 Å². The van der Waals surface area contributed by atoms with Gasteiger partial charge in [-0.15, -0.1) is 0 Å². The fraction of sp³-hybridized carbons (Fsp3) is 0.565. The molecule has 1 aromatic carbocycles. The molecule has 1 fully saturated rings. The minimum absolute atomic E-state index is 0.153. The van der Waals surface area contributed by atoms with Crippen molar-refractivity contribution in [3.63, 3.8) is 0 Å². The van der Waals surface area contributed by atoms with Crippen LogP contribution >= 0.6 is 0 Å². The number of nitrogens with zero attached hydrogens (tertiary/aromatic N) is 2. The van der Waals surface area contributed by atoms with Crippen molar-refractivity contribution < 1.29 is 14.3 Å². The molecule has 0 radical (unpaired) electrons. The molecule has 158 valence electrons. The molecule has 29 heavy (non-hydrogen) atoms. The summed E-state index contributed by atoms with van der Waals surface area (Å²) in [5.41, 5.74) is 1.25. The number of benzene rings is 1. The summed E-state index contributed by atoms with van der Waals surface area (Å²) in [7, 11) is 1.80. The molecule has 0 aliphatic heterocycles. The lowest BCUT2D eigenvalue weighted by atomic mass is 9.94. The van der Waals surface area contributed by atoms with E-state index < -0.39 is 0 Å². The lowest BCUT2D eigenvalue weighted by Gasteiger charge is -2.31. The monoisotopic (exact) mass is 399 g/mol. The molecule has 1 aliphatic carbocycles. The summed E-state index contributed by atoms with van der Waals surface area (Å²) in [5, 5.41) is 12.5. The van der Waals surface area contributed by atoms with Crippen molar-refractivity contribution in [2.24, 2.45) is 0 Å². The second kappa shape index (κ2) is 12.0. The van der Waals surface area contributed by atoms with Crippen LogP contribution in [0.1, 0.15) is 51.5 Å². The number of carbonyl (C=O) groups is 1. The smallest absolute Gasteiger partial charge is 0.265 e. The topological polar surface area (TPSA) is 74.6 Å². The Balaban J connectivity index is 1.91. The lowest BCUT2D eigenvalue weighted by Crippen LogP contribution is -2.39. The SMILES string of the molecule is CCOc1ccc(CCN/C=C(/C#N)C(=O)N(C)C2CCCCC2)cc1OCC. The van der Waals surface area contributed by atoms with Gasteiger partial charge in [-0.1, -0.05) is 25.3 Å². The largest absolute Gasteiger partial charge is 0.490 e. The van der Waals surface area contributed by atoms with E-state index in [9.17, 15) is 10.1 Å². The van der Waals surface area contributed by atoms with E-state index in [0.717, 1.165) is 49.2 Å². The van der Waals surface area contributed by atoms with Crippen molar-refractivity contribution in [2.45, 2.75) is 58.4 Å². The van der Waals surface area contributed by atoms with Gasteiger partial charge in [-0.05, 0) is 50.8 Å². The van der Waals surface area contributed by atoms with Gasteiger partial charge in [-0.25, -0.2) is 0 Å². The number of hydrogen-bond donors (Lipinski definition) is 1. The third-order valence-corrected chi connectivity index (χ3v) is 5.21. The molecular formula is C23H33N3O3. The van der Waals surface area contributed by atoms with Crippen LogP contribution in [0.5, 0.6) is 11.5 Å². The van der Waals surface area contributed by atoms with Gasteiger partial charge in [0.15, 0.2) is 11.5 Å². The molecule has 0 unspecified atom stereocenters. The Bertz CT molecular complexity index is 733. The number of likely N-dealkylation sites (N-methyl/N-ethyl adjacent to an activating group) is 1. The Morgan fingerprint density at radius 1 is 1.21 bits per heavy atom. The van der Waals surface area contributed by atoms with Crippen molar-refractivity contribution in [2.75, 3.05) is 26.8 Å². The Labute approximate surface area is 174 Å². The molecule has 1 aromatic rings. The number of hydrogen-bond acceptors (Lipinski definition) is 5. The predicted octanol–water partition coefficient (Wildman–Crippen LogP) is 3.81. The number of carbonyl (C=O) groups excluding carboxylic acids is 1. The first-order valence-electron chi connectivity index (χ1n) is 10.6. The fourth-order valence-electron chi connectivity index (χ4n) is 3.61. The summed E-state index contributed by atoms with van der Waals surface area (Å²) in [5.74, 6) is 1.28. The molecular weight excluding hydrogens is 366 g/mol. The van der Waals surface area contributed by atoms with E-state index in [0.29, 0.717) is 19.8 Å². The Morgan fingerprint density at radius 2 is 1.90 bits per heavy atom. The van der Waals surface area contributed by atoms with Crippen LogP contribution in [-0.4, -0.2) is 43.7 Å². The van der Waals surface area contributed by atoms with Crippen molar-refractivity contribution in [3.05, 3.63) is 35.5 Å². The Hall–Kier alpha value is -2.68. The quantitative estimate of drug-likeness (QED) is 0.368. The van der Waals surface area contributed by atoms with Crippen molar-refractivity contribution in [1.29, 1.82) is 5.26 Å². The molecule has 1 saturated carbocycles. The second-order valence-electron chi connectivity index (χ2n) is 7.23. The maximum absolute atomic E-state index is 12.6. The molecule has 6 heteroatoms. The average molecular weight is 400 g/mol. The van der Waals surface area contributed by atoms with Crippen LogP contribution in [0.3, 0.4) is 0 Å². The highest BCUT2D eigenvalue weighted by molar-refractivity contribution is 5.97. The first-order valence-corrected chi connectivity index (χ1v) is 10.6. The summed E-state index contributed by atoms with van der Waals surface area (Å²) in [4.78, 5) is 14.4. The van der Waals surface area contributed by atoms with E-state index in [4.69, 9.17) is 9.47 Å². The number of nitriles is 1. The van der Waals surface area contributed by atoms with Gasteiger partial charge in [-0.3, -0.25) is 4.79 Å². The molecule has 0 saturated heterocycles. The number of rotatable bonds is 10. The van der Waals surface area contributed by atoms with Crippen LogP contribution in [-0.2, 0) is 11.2 Å². The maximum Gasteiger partial charge on any atom is 0.265 e. The lowest BCUT2D eigenvalue weighted by molar-refractivity contribution is -0.128. The third-order valence-electron chi connectivity index (χ3n) is 5.21. The first kappa shape index (κ1) is 22.6. The minimum atomic E-state index is -0.202. The molecule has 2 rings (SSSR count). The third kappa shape index (κ3) is 6.70. The summed E-state index contributed by atoms with van der Waals surface area (Å²) >= 11 is 0. The van der Waals surface area contributed by atoms with Crippen molar-refractivity contribution >= 4 is 5.91 Å². The predicted molar refractivity (Wildman–Crippen MR) is 114 cm³/mol. The van der Waals surface area contributed by atoms with Crippen LogP contribution in [0.4, 0.5) is 0 Å². The van der Waals surface area contributed by atoms with E-state index in [1.165, 1.54) is 6.42 Å². The highest BCUT2D eigenvalue weighted by Crippen LogP contribution is 2.28. The highest BCUT2D eigenvalue weighted by atomic mass is 16.5. The molecule has 6 nitrogen and oxygen atoms in total. The number of amides is 1. The first-order chi connectivity index (χ1) is 14.1. The van der Waals surface area contributed by atoms with Crippen LogP contribution < -0.4 is 14.8 Å². The Kier molecular flexibility index (Phi) is 9.36. The normalized spacial score (nSPS) is 14.8. The average Bonchev–Trinajstić information content (AvgIpc) is 2.75. The molecule has 0 heterocycles. The van der Waals surface area contributed by atoms with Crippen molar-refractivity contribution in [1.82, 2.24) is 10.2 Å². The van der Waals surface area contributed by atoms with E-state index in [2.05, 4.69) is 5.32 Å². The molecule has 0 spiro atoms. The van der Waals surface area contributed by atoms with E-state index in [1.807, 2.05) is 38.1 Å². The zero-order valence-corrected chi connectivity index (χ0v) is 17.9. The molecule has 0 aromatic heterocycles. The van der Waals surface area contributed by atoms with Crippen LogP contribution in [0.2, 0.25) is 0 Å². The van der Waals surface area contributed by atoms with Gasteiger partial charge >= 0.3 is 0 Å². The fourth-order valence-corrected chi connectivity index (χ4v) is 3.61. The summed E-state index contributed by atoms with van der Waals surface area (Å²) in [6.45, 7) is 5.67. The van der Waals surface area contributed by atoms with Gasteiger partial charge in [0.05, 0.1) is 13.2 Å².